The first-order chi connectivity index (χ1) is 13.9. The van der Waals surface area contributed by atoms with Crippen LogP contribution < -0.4 is 4.90 Å². The largest absolute Gasteiger partial charge is 0.338 e. The van der Waals surface area contributed by atoms with Gasteiger partial charge in [-0.15, -0.1) is 0 Å². The molecule has 1 spiro atoms. The third-order valence-corrected chi connectivity index (χ3v) is 6.78. The van der Waals surface area contributed by atoms with E-state index < -0.39 is 0 Å². The summed E-state index contributed by atoms with van der Waals surface area (Å²) < 4.78 is 2.09. The Labute approximate surface area is 175 Å². The summed E-state index contributed by atoms with van der Waals surface area (Å²) in [4.78, 5) is 29.7. The Morgan fingerprint density at radius 1 is 1.21 bits per heavy atom. The number of piperidine rings is 1. The van der Waals surface area contributed by atoms with Crippen molar-refractivity contribution in [3.63, 3.8) is 0 Å². The second kappa shape index (κ2) is 6.87. The quantitative estimate of drug-likeness (QED) is 0.773. The highest BCUT2D eigenvalue weighted by Crippen LogP contribution is 2.43. The highest BCUT2D eigenvalue weighted by Gasteiger charge is 2.47. The third-order valence-electron chi connectivity index (χ3n) is 6.53. The van der Waals surface area contributed by atoms with Gasteiger partial charge in [0.15, 0.2) is 0 Å². The van der Waals surface area contributed by atoms with Gasteiger partial charge >= 0.3 is 0 Å². The minimum absolute atomic E-state index is 0.0193. The molecule has 0 radical (unpaired) electrons. The number of hydrogen-bond donors (Lipinski definition) is 0. The molecule has 29 heavy (non-hydrogen) atoms. The summed E-state index contributed by atoms with van der Waals surface area (Å²) >= 11 is 5.94. The molecule has 6 nitrogen and oxygen atoms in total. The molecule has 5 rings (SSSR count). The summed E-state index contributed by atoms with van der Waals surface area (Å²) in [5.74, 6) is 1.78. The molecule has 1 aromatic heterocycles. The summed E-state index contributed by atoms with van der Waals surface area (Å²) in [5, 5.41) is 5.41. The molecule has 0 unspecified atom stereocenters. The molecule has 1 saturated carbocycles. The lowest BCUT2D eigenvalue weighted by Crippen LogP contribution is -2.55. The molecule has 2 amide bonds. The maximum Gasteiger partial charge on any atom is 0.253 e. The first-order valence-corrected chi connectivity index (χ1v) is 10.8. The maximum atomic E-state index is 13.1. The van der Waals surface area contributed by atoms with Crippen LogP contribution in [0.2, 0.25) is 5.02 Å². The third kappa shape index (κ3) is 3.33. The van der Waals surface area contributed by atoms with Crippen LogP contribution in [0.1, 0.15) is 48.2 Å². The average Bonchev–Trinajstić information content (AvgIpc) is 3.44. The highest BCUT2D eigenvalue weighted by atomic mass is 35.5. The van der Waals surface area contributed by atoms with E-state index in [1.807, 2.05) is 22.8 Å². The number of benzene rings is 1. The summed E-state index contributed by atoms with van der Waals surface area (Å²) in [5.41, 5.74) is 1.27. The van der Waals surface area contributed by atoms with Gasteiger partial charge in [-0.25, -0.2) is 4.68 Å². The zero-order valence-electron chi connectivity index (χ0n) is 16.6. The first-order valence-electron chi connectivity index (χ1n) is 10.4. The lowest BCUT2D eigenvalue weighted by atomic mass is 9.82. The normalized spacial score (nSPS) is 20.8. The van der Waals surface area contributed by atoms with Crippen molar-refractivity contribution in [1.82, 2.24) is 14.7 Å². The standard InChI is InChI=1S/C22H25ClN4O2/c1-15-12-19-26(14-16-2-3-16)20(28)13-22(27(19)24-15)8-10-25(11-9-22)21(29)17-4-6-18(23)7-5-17/h4-7,12,16H,2-3,8-11,13-14H2,1H3. The van der Waals surface area contributed by atoms with E-state index >= 15 is 0 Å². The van der Waals surface area contributed by atoms with Crippen molar-refractivity contribution in [3.8, 4) is 0 Å². The SMILES string of the molecule is Cc1cc2n(n1)C1(CCN(C(=O)c3ccc(Cl)cc3)CC1)CC(=O)N2CC1CC1. The van der Waals surface area contributed by atoms with Gasteiger partial charge in [-0.2, -0.15) is 5.10 Å². The number of likely N-dealkylation sites (tertiary alicyclic amines) is 1. The van der Waals surface area contributed by atoms with Crippen LogP contribution in [0.25, 0.3) is 0 Å². The van der Waals surface area contributed by atoms with E-state index in [9.17, 15) is 9.59 Å². The minimum atomic E-state index is -0.322. The molecular formula is C22H25ClN4O2. The molecule has 3 heterocycles. The zero-order chi connectivity index (χ0) is 20.2. The second-order valence-corrected chi connectivity index (χ2v) is 9.14. The smallest absolute Gasteiger partial charge is 0.253 e. The fraction of sp³-hybridized carbons (Fsp3) is 0.500. The number of hydrogen-bond acceptors (Lipinski definition) is 3. The van der Waals surface area contributed by atoms with Crippen molar-refractivity contribution in [3.05, 3.63) is 46.6 Å². The number of fused-ring (bicyclic) bond motifs is 2. The molecular weight excluding hydrogens is 388 g/mol. The van der Waals surface area contributed by atoms with Crippen molar-refractivity contribution in [2.45, 2.75) is 44.6 Å². The molecule has 1 aliphatic carbocycles. The summed E-state index contributed by atoms with van der Waals surface area (Å²) in [6.45, 7) is 4.03. The van der Waals surface area contributed by atoms with Gasteiger partial charge in [0.2, 0.25) is 5.91 Å². The number of carbonyl (C=O) groups excluding carboxylic acids is 2. The van der Waals surface area contributed by atoms with E-state index in [-0.39, 0.29) is 17.4 Å². The maximum absolute atomic E-state index is 13.1. The van der Waals surface area contributed by atoms with Crippen LogP contribution in [0.4, 0.5) is 5.82 Å². The van der Waals surface area contributed by atoms with Gasteiger partial charge < -0.3 is 4.90 Å². The molecule has 1 saturated heterocycles. The van der Waals surface area contributed by atoms with Gasteiger partial charge in [-0.1, -0.05) is 11.6 Å². The number of rotatable bonds is 3. The molecule has 1 aromatic carbocycles. The Hall–Kier alpha value is -2.34. The molecule has 2 aliphatic heterocycles. The molecule has 7 heteroatoms. The fourth-order valence-electron chi connectivity index (χ4n) is 4.65. The van der Waals surface area contributed by atoms with Crippen LogP contribution in [0.3, 0.4) is 0 Å². The van der Waals surface area contributed by atoms with Crippen molar-refractivity contribution < 1.29 is 9.59 Å². The van der Waals surface area contributed by atoms with E-state index in [1.165, 1.54) is 12.8 Å². The first kappa shape index (κ1) is 18.7. The van der Waals surface area contributed by atoms with E-state index in [0.717, 1.165) is 30.9 Å². The Morgan fingerprint density at radius 3 is 2.55 bits per heavy atom. The summed E-state index contributed by atoms with van der Waals surface area (Å²) in [6.07, 6.45) is 4.37. The lowest BCUT2D eigenvalue weighted by molar-refractivity contribution is -0.122. The summed E-state index contributed by atoms with van der Waals surface area (Å²) in [6, 6.07) is 9.06. The van der Waals surface area contributed by atoms with Gasteiger partial charge in [0.1, 0.15) is 5.82 Å². The van der Waals surface area contributed by atoms with Crippen LogP contribution in [0.15, 0.2) is 30.3 Å². The van der Waals surface area contributed by atoms with Crippen molar-refractivity contribution in [2.75, 3.05) is 24.5 Å². The number of halogens is 1. The predicted octanol–water partition coefficient (Wildman–Crippen LogP) is 3.62. The number of carbonyl (C=O) groups is 2. The second-order valence-electron chi connectivity index (χ2n) is 8.70. The number of aromatic nitrogens is 2. The van der Waals surface area contributed by atoms with E-state index in [1.54, 1.807) is 24.3 Å². The highest BCUT2D eigenvalue weighted by molar-refractivity contribution is 6.30. The van der Waals surface area contributed by atoms with Crippen molar-refractivity contribution >= 4 is 29.2 Å². The average molecular weight is 413 g/mol. The van der Waals surface area contributed by atoms with Crippen LogP contribution >= 0.6 is 11.6 Å². The van der Waals surface area contributed by atoms with Gasteiger partial charge in [-0.3, -0.25) is 14.5 Å². The lowest BCUT2D eigenvalue weighted by Gasteiger charge is -2.46. The molecule has 0 bridgehead atoms. The van der Waals surface area contributed by atoms with E-state index in [4.69, 9.17) is 16.7 Å². The van der Waals surface area contributed by atoms with Gasteiger partial charge in [0, 0.05) is 36.3 Å². The van der Waals surface area contributed by atoms with Gasteiger partial charge in [0.05, 0.1) is 17.7 Å². The Morgan fingerprint density at radius 2 is 1.90 bits per heavy atom. The molecule has 0 atom stereocenters. The summed E-state index contributed by atoms with van der Waals surface area (Å²) in [7, 11) is 0. The molecule has 0 N–H and O–H groups in total. The van der Waals surface area contributed by atoms with Crippen molar-refractivity contribution in [2.24, 2.45) is 5.92 Å². The molecule has 3 aliphatic rings. The number of nitrogens with zero attached hydrogens (tertiary/aromatic N) is 4. The monoisotopic (exact) mass is 412 g/mol. The number of anilines is 1. The van der Waals surface area contributed by atoms with Crippen LogP contribution in [0, 0.1) is 12.8 Å². The minimum Gasteiger partial charge on any atom is -0.338 e. The Bertz CT molecular complexity index is 956. The Balaban J connectivity index is 1.37. The number of aryl methyl sites for hydroxylation is 1. The molecule has 152 valence electrons. The van der Waals surface area contributed by atoms with E-state index in [2.05, 4.69) is 4.68 Å². The van der Waals surface area contributed by atoms with Crippen LogP contribution in [-0.4, -0.2) is 46.1 Å². The molecule has 2 aromatic rings. The van der Waals surface area contributed by atoms with Crippen molar-refractivity contribution in [1.29, 1.82) is 0 Å². The topological polar surface area (TPSA) is 58.4 Å². The van der Waals surface area contributed by atoms with Gasteiger partial charge in [0.25, 0.3) is 5.91 Å². The van der Waals surface area contributed by atoms with Crippen LogP contribution in [0.5, 0.6) is 0 Å². The molecule has 2 fully saturated rings. The van der Waals surface area contributed by atoms with Crippen LogP contribution in [-0.2, 0) is 10.3 Å². The zero-order valence-corrected chi connectivity index (χ0v) is 17.4. The van der Waals surface area contributed by atoms with E-state index in [0.29, 0.717) is 36.0 Å². The fourth-order valence-corrected chi connectivity index (χ4v) is 4.78. The number of amides is 2. The Kier molecular flexibility index (Phi) is 4.42. The van der Waals surface area contributed by atoms with Gasteiger partial charge in [-0.05, 0) is 62.8 Å². The predicted molar refractivity (Wildman–Crippen MR) is 111 cm³/mol.